The number of thiazole rings is 1. The molecule has 0 aromatic carbocycles. The molecule has 0 bridgehead atoms. The zero-order valence-electron chi connectivity index (χ0n) is 22.8. The third-order valence-electron chi connectivity index (χ3n) is 5.71. The number of rotatable bonds is 12. The molecule has 2 amide bonds. The highest BCUT2D eigenvalue weighted by Gasteiger charge is 2.35. The van der Waals surface area contributed by atoms with E-state index in [0.717, 1.165) is 0 Å². The van der Waals surface area contributed by atoms with Gasteiger partial charge in [-0.1, -0.05) is 39.2 Å². The number of ether oxygens (including phenoxy) is 2. The standard InChI is InChI=1S/C24H40N6O5S/c1-10-15(5)19(27-23(33)35-24(6,7)8)21(31)30(9)18(14(3)4)12-16(28-29-25)20-26-17(13-36-20)22(32)34-11-2/h13-16,18-19H,10-12H2,1-9H3,(H,27,33). The fourth-order valence-corrected chi connectivity index (χ4v) is 4.44. The molecule has 11 nitrogen and oxygen atoms in total. The van der Waals surface area contributed by atoms with E-state index < -0.39 is 29.7 Å². The first-order chi connectivity index (χ1) is 16.7. The fourth-order valence-electron chi connectivity index (χ4n) is 3.61. The molecule has 1 aromatic heterocycles. The molecule has 0 fully saturated rings. The van der Waals surface area contributed by atoms with Crippen LogP contribution in [-0.4, -0.2) is 59.2 Å². The fraction of sp³-hybridized carbons (Fsp3) is 0.750. The Labute approximate surface area is 217 Å². The lowest BCUT2D eigenvalue weighted by Gasteiger charge is -2.36. The van der Waals surface area contributed by atoms with E-state index in [1.54, 1.807) is 45.0 Å². The number of carbonyl (C=O) groups excluding carboxylic acids is 3. The Bertz CT molecular complexity index is 938. The van der Waals surface area contributed by atoms with Crippen LogP contribution < -0.4 is 5.32 Å². The Balaban J connectivity index is 3.19. The van der Waals surface area contributed by atoms with Gasteiger partial charge >= 0.3 is 12.1 Å². The number of amides is 2. The van der Waals surface area contributed by atoms with Crippen LogP contribution in [0, 0.1) is 11.8 Å². The molecule has 0 spiro atoms. The highest BCUT2D eigenvalue weighted by molar-refractivity contribution is 7.09. The van der Waals surface area contributed by atoms with Crippen molar-refractivity contribution in [2.75, 3.05) is 13.7 Å². The minimum Gasteiger partial charge on any atom is -0.461 e. The average Bonchev–Trinajstić information content (AvgIpc) is 3.28. The van der Waals surface area contributed by atoms with Crippen LogP contribution in [0.4, 0.5) is 4.79 Å². The summed E-state index contributed by atoms with van der Waals surface area (Å²) >= 11 is 1.20. The Hall–Kier alpha value is -2.85. The number of nitrogens with one attached hydrogen (secondary N) is 1. The molecule has 0 aliphatic rings. The van der Waals surface area contributed by atoms with Crippen molar-refractivity contribution in [3.8, 4) is 0 Å². The largest absolute Gasteiger partial charge is 0.461 e. The highest BCUT2D eigenvalue weighted by atomic mass is 32.1. The molecule has 1 aromatic rings. The van der Waals surface area contributed by atoms with Crippen LogP contribution in [0.2, 0.25) is 0 Å². The molecule has 36 heavy (non-hydrogen) atoms. The summed E-state index contributed by atoms with van der Waals surface area (Å²) in [6.07, 6.45) is 0.306. The van der Waals surface area contributed by atoms with Crippen LogP contribution in [0.3, 0.4) is 0 Å². The maximum atomic E-state index is 13.6. The van der Waals surface area contributed by atoms with Gasteiger partial charge in [-0.25, -0.2) is 14.6 Å². The summed E-state index contributed by atoms with van der Waals surface area (Å²) in [6.45, 7) is 15.0. The Morgan fingerprint density at radius 2 is 1.89 bits per heavy atom. The second kappa shape index (κ2) is 14.0. The molecule has 0 saturated carbocycles. The quantitative estimate of drug-likeness (QED) is 0.166. The van der Waals surface area contributed by atoms with Crippen LogP contribution in [0.1, 0.15) is 89.8 Å². The number of azide groups is 1. The molecule has 12 heteroatoms. The van der Waals surface area contributed by atoms with Crippen molar-refractivity contribution in [2.24, 2.45) is 17.0 Å². The first-order valence-electron chi connectivity index (χ1n) is 12.2. The predicted octanol–water partition coefficient (Wildman–Crippen LogP) is 5.48. The monoisotopic (exact) mass is 524 g/mol. The van der Waals surface area contributed by atoms with E-state index in [9.17, 15) is 19.9 Å². The summed E-state index contributed by atoms with van der Waals surface area (Å²) < 4.78 is 10.4. The van der Waals surface area contributed by atoms with Gasteiger partial charge in [-0.15, -0.1) is 11.3 Å². The summed E-state index contributed by atoms with van der Waals surface area (Å²) in [4.78, 5) is 47.0. The molecule has 1 rings (SSSR count). The lowest BCUT2D eigenvalue weighted by Crippen LogP contribution is -2.54. The molecule has 1 N–H and O–H groups in total. The van der Waals surface area contributed by atoms with Gasteiger partial charge in [-0.05, 0) is 51.5 Å². The van der Waals surface area contributed by atoms with Gasteiger partial charge < -0.3 is 19.7 Å². The third-order valence-corrected chi connectivity index (χ3v) is 6.66. The van der Waals surface area contributed by atoms with Crippen molar-refractivity contribution in [1.29, 1.82) is 0 Å². The first kappa shape index (κ1) is 31.2. The number of carbonyl (C=O) groups is 3. The zero-order chi connectivity index (χ0) is 27.6. The normalized spacial score (nSPS) is 14.7. The molecular formula is C24H40N6O5S. The molecule has 1 heterocycles. The molecule has 4 unspecified atom stereocenters. The molecule has 0 aliphatic carbocycles. The molecule has 0 aliphatic heterocycles. The van der Waals surface area contributed by atoms with Crippen LogP contribution in [0.25, 0.3) is 10.4 Å². The van der Waals surface area contributed by atoms with Crippen molar-refractivity contribution in [1.82, 2.24) is 15.2 Å². The lowest BCUT2D eigenvalue weighted by atomic mass is 9.92. The zero-order valence-corrected chi connectivity index (χ0v) is 23.6. The second-order valence-corrected chi connectivity index (χ2v) is 10.9. The summed E-state index contributed by atoms with van der Waals surface area (Å²) in [5, 5.41) is 8.68. The van der Waals surface area contributed by atoms with Crippen LogP contribution in [-0.2, 0) is 14.3 Å². The molecule has 202 valence electrons. The minimum absolute atomic E-state index is 0.000980. The van der Waals surface area contributed by atoms with Crippen LogP contribution in [0.5, 0.6) is 0 Å². The number of hydrogen-bond acceptors (Lipinski definition) is 8. The van der Waals surface area contributed by atoms with E-state index in [2.05, 4.69) is 20.3 Å². The Morgan fingerprint density at radius 3 is 2.39 bits per heavy atom. The van der Waals surface area contributed by atoms with Crippen molar-refractivity contribution in [3.63, 3.8) is 0 Å². The SMILES string of the molecule is CCOC(=O)c1csc(C(CC(C(C)C)N(C)C(=O)C(NC(=O)OC(C)(C)C)C(C)CC)N=[N+]=[N-])n1. The van der Waals surface area contributed by atoms with Crippen molar-refractivity contribution >= 4 is 29.3 Å². The number of aromatic nitrogens is 1. The van der Waals surface area contributed by atoms with Gasteiger partial charge in [0.2, 0.25) is 5.91 Å². The number of likely N-dealkylation sites (N-methyl/N-ethyl adjacent to an activating group) is 1. The topological polar surface area (TPSA) is 147 Å². The molecule has 0 saturated heterocycles. The smallest absolute Gasteiger partial charge is 0.408 e. The third kappa shape index (κ3) is 9.31. The highest BCUT2D eigenvalue weighted by Crippen LogP contribution is 2.31. The van der Waals surface area contributed by atoms with Crippen molar-refractivity contribution in [2.45, 2.75) is 92.0 Å². The number of alkyl carbamates (subject to hydrolysis) is 1. The van der Waals surface area contributed by atoms with Gasteiger partial charge in [0, 0.05) is 23.4 Å². The van der Waals surface area contributed by atoms with Gasteiger partial charge in [0.1, 0.15) is 16.7 Å². The van der Waals surface area contributed by atoms with E-state index in [0.29, 0.717) is 17.8 Å². The van der Waals surface area contributed by atoms with Gasteiger partial charge in [-0.3, -0.25) is 4.79 Å². The van der Waals surface area contributed by atoms with Gasteiger partial charge in [0.15, 0.2) is 5.69 Å². The van der Waals surface area contributed by atoms with Crippen LogP contribution >= 0.6 is 11.3 Å². The maximum absolute atomic E-state index is 13.6. The van der Waals surface area contributed by atoms with Crippen LogP contribution in [0.15, 0.2) is 10.5 Å². The van der Waals surface area contributed by atoms with Gasteiger partial charge in [0.05, 0.1) is 12.6 Å². The summed E-state index contributed by atoms with van der Waals surface area (Å²) in [5.41, 5.74) is 8.64. The summed E-state index contributed by atoms with van der Waals surface area (Å²) in [5.74, 6) is -0.949. The molecule has 0 radical (unpaired) electrons. The Morgan fingerprint density at radius 1 is 1.25 bits per heavy atom. The number of hydrogen-bond donors (Lipinski definition) is 1. The molecule has 4 atom stereocenters. The molecular weight excluding hydrogens is 484 g/mol. The van der Waals surface area contributed by atoms with Gasteiger partial charge in [0.25, 0.3) is 0 Å². The van der Waals surface area contributed by atoms with Gasteiger partial charge in [-0.2, -0.15) is 0 Å². The van der Waals surface area contributed by atoms with Crippen molar-refractivity contribution < 1.29 is 23.9 Å². The van der Waals surface area contributed by atoms with E-state index in [1.165, 1.54) is 11.3 Å². The van der Waals surface area contributed by atoms with E-state index in [4.69, 9.17) is 9.47 Å². The lowest BCUT2D eigenvalue weighted by molar-refractivity contribution is -0.136. The van der Waals surface area contributed by atoms with E-state index in [-0.39, 0.29) is 36.1 Å². The van der Waals surface area contributed by atoms with E-state index in [1.807, 2.05) is 27.7 Å². The minimum atomic E-state index is -0.788. The Kier molecular flexibility index (Phi) is 12.2. The predicted molar refractivity (Wildman–Crippen MR) is 139 cm³/mol. The number of nitrogens with zero attached hydrogens (tertiary/aromatic N) is 5. The maximum Gasteiger partial charge on any atom is 0.408 e. The summed E-state index contributed by atoms with van der Waals surface area (Å²) in [6, 6.07) is -1.81. The number of esters is 1. The van der Waals surface area contributed by atoms with Crippen molar-refractivity contribution in [3.05, 3.63) is 26.5 Å². The summed E-state index contributed by atoms with van der Waals surface area (Å²) in [7, 11) is 1.68. The first-order valence-corrected chi connectivity index (χ1v) is 13.1. The van der Waals surface area contributed by atoms with E-state index >= 15 is 0 Å². The average molecular weight is 525 g/mol. The second-order valence-electron chi connectivity index (χ2n) is 10.0.